The fraction of sp³-hybridized carbons (Fsp3) is 0.275. The Balaban J connectivity index is 1.41. The number of carbonyl (C=O) groups excluding carboxylic acids is 1. The summed E-state index contributed by atoms with van der Waals surface area (Å²) in [6, 6.07) is 24.5. The van der Waals surface area contributed by atoms with Gasteiger partial charge in [-0.05, 0) is 66.9 Å². The molecular formula is C40H40N2O8S. The van der Waals surface area contributed by atoms with Gasteiger partial charge >= 0.3 is 5.97 Å². The highest BCUT2D eigenvalue weighted by Crippen LogP contribution is 2.41. The maximum Gasteiger partial charge on any atom is 0.338 e. The lowest BCUT2D eigenvalue weighted by Gasteiger charge is -2.27. The minimum Gasteiger partial charge on any atom is -0.493 e. The number of allylic oxidation sites excluding steroid dienone is 1. The summed E-state index contributed by atoms with van der Waals surface area (Å²) in [5.74, 6) is 1.46. The van der Waals surface area contributed by atoms with Gasteiger partial charge in [0.05, 0.1) is 42.7 Å². The van der Waals surface area contributed by atoms with Crippen molar-refractivity contribution in [1.29, 1.82) is 0 Å². The molecule has 0 spiro atoms. The molecular weight excluding hydrogens is 669 g/mol. The molecule has 1 aliphatic rings. The number of nitrogens with zero attached hydrogens (tertiary/aromatic N) is 2. The molecule has 11 heteroatoms. The van der Waals surface area contributed by atoms with Gasteiger partial charge in [0.15, 0.2) is 27.8 Å². The number of esters is 1. The van der Waals surface area contributed by atoms with Crippen LogP contribution >= 0.6 is 11.3 Å². The number of ether oxygens (including phenoxy) is 6. The predicted octanol–water partition coefficient (Wildman–Crippen LogP) is 5.96. The van der Waals surface area contributed by atoms with E-state index in [1.54, 1.807) is 32.2 Å². The van der Waals surface area contributed by atoms with Gasteiger partial charge in [-0.1, -0.05) is 72.0 Å². The van der Waals surface area contributed by atoms with Gasteiger partial charge in [-0.15, -0.1) is 0 Å². The topological polar surface area (TPSA) is 107 Å². The lowest BCUT2D eigenvalue weighted by Crippen LogP contribution is -2.40. The molecule has 51 heavy (non-hydrogen) atoms. The molecule has 0 saturated heterocycles. The summed E-state index contributed by atoms with van der Waals surface area (Å²) in [6.07, 6.45) is 1.79. The molecule has 0 aliphatic carbocycles. The number of methoxy groups -OCH3 is 2. The van der Waals surface area contributed by atoms with Crippen molar-refractivity contribution in [1.82, 2.24) is 4.57 Å². The molecule has 4 aromatic carbocycles. The van der Waals surface area contributed by atoms with E-state index < -0.39 is 12.0 Å². The quantitative estimate of drug-likeness (QED) is 0.103. The van der Waals surface area contributed by atoms with Crippen molar-refractivity contribution in [3.8, 4) is 23.0 Å². The van der Waals surface area contributed by atoms with Crippen LogP contribution in [0.3, 0.4) is 0 Å². The fourth-order valence-electron chi connectivity index (χ4n) is 6.11. The summed E-state index contributed by atoms with van der Waals surface area (Å²) >= 11 is 1.23. The minimum atomic E-state index is -0.890. The molecule has 0 radical (unpaired) electrons. The van der Waals surface area contributed by atoms with Crippen molar-refractivity contribution in [3.63, 3.8) is 0 Å². The molecule has 264 valence electrons. The van der Waals surface area contributed by atoms with E-state index in [4.69, 9.17) is 33.4 Å². The Morgan fingerprint density at radius 1 is 0.882 bits per heavy atom. The smallest absolute Gasteiger partial charge is 0.338 e. The summed E-state index contributed by atoms with van der Waals surface area (Å²) in [6.45, 7) is 6.92. The first kappa shape index (κ1) is 35.4. The van der Waals surface area contributed by atoms with Gasteiger partial charge < -0.3 is 28.4 Å². The van der Waals surface area contributed by atoms with Gasteiger partial charge in [0.2, 0.25) is 0 Å². The SMILES string of the molecule is CCOc1cc(/C=c2/sc3n(c2=O)[C@H](c2cccc(OC)c2OCC)C(C(=O)OCCOC)=C(C)N=3)ccc1OCc1cccc2ccccc12. The van der Waals surface area contributed by atoms with Gasteiger partial charge in [-0.2, -0.15) is 0 Å². The third kappa shape index (κ3) is 7.40. The first-order valence-electron chi connectivity index (χ1n) is 16.7. The Hall–Kier alpha value is -5.39. The molecule has 1 aliphatic heterocycles. The molecule has 1 atom stereocenters. The van der Waals surface area contributed by atoms with Crippen LogP contribution in [0.2, 0.25) is 0 Å². The number of hydrogen-bond donors (Lipinski definition) is 0. The van der Waals surface area contributed by atoms with Crippen molar-refractivity contribution >= 4 is 34.2 Å². The Morgan fingerprint density at radius 3 is 2.45 bits per heavy atom. The molecule has 0 N–H and O–H groups in total. The van der Waals surface area contributed by atoms with Crippen LogP contribution in [0, 0.1) is 0 Å². The number of para-hydroxylation sites is 1. The first-order valence-corrected chi connectivity index (χ1v) is 17.5. The van der Waals surface area contributed by atoms with Crippen LogP contribution in [0.5, 0.6) is 23.0 Å². The monoisotopic (exact) mass is 708 g/mol. The molecule has 0 amide bonds. The van der Waals surface area contributed by atoms with E-state index in [1.807, 2.05) is 56.3 Å². The first-order chi connectivity index (χ1) is 24.9. The predicted molar refractivity (Wildman–Crippen MR) is 197 cm³/mol. The molecule has 0 fully saturated rings. The lowest BCUT2D eigenvalue weighted by molar-refractivity contribution is -0.140. The Kier molecular flexibility index (Phi) is 11.2. The number of hydrogen-bond acceptors (Lipinski definition) is 10. The van der Waals surface area contributed by atoms with E-state index in [0.717, 1.165) is 21.9 Å². The third-order valence-corrected chi connectivity index (χ3v) is 9.39. The number of benzene rings is 4. The van der Waals surface area contributed by atoms with Crippen LogP contribution in [0.1, 0.15) is 43.5 Å². The molecule has 2 heterocycles. The van der Waals surface area contributed by atoms with Crippen molar-refractivity contribution < 1.29 is 33.2 Å². The Bertz CT molecular complexity index is 2270. The zero-order valence-corrected chi connectivity index (χ0v) is 30.1. The van der Waals surface area contributed by atoms with Crippen LogP contribution in [0.25, 0.3) is 16.8 Å². The van der Waals surface area contributed by atoms with E-state index in [9.17, 15) is 9.59 Å². The molecule has 5 aromatic rings. The van der Waals surface area contributed by atoms with E-state index in [2.05, 4.69) is 24.3 Å². The van der Waals surface area contributed by atoms with Crippen LogP contribution in [0.15, 0.2) is 99.9 Å². The zero-order chi connectivity index (χ0) is 35.9. The van der Waals surface area contributed by atoms with Gasteiger partial charge in [0.1, 0.15) is 19.3 Å². The van der Waals surface area contributed by atoms with Gasteiger partial charge in [-0.3, -0.25) is 9.36 Å². The Labute approximate surface area is 299 Å². The second-order valence-corrected chi connectivity index (χ2v) is 12.6. The van der Waals surface area contributed by atoms with Gasteiger partial charge in [0.25, 0.3) is 5.56 Å². The summed E-state index contributed by atoms with van der Waals surface area (Å²) in [4.78, 5) is 33.2. The third-order valence-electron chi connectivity index (χ3n) is 8.40. The number of aromatic nitrogens is 1. The maximum atomic E-state index is 14.4. The molecule has 0 bridgehead atoms. The molecule has 0 saturated carbocycles. The summed E-state index contributed by atoms with van der Waals surface area (Å²) in [5.41, 5.74) is 2.72. The van der Waals surface area contributed by atoms with Crippen LogP contribution in [0.4, 0.5) is 0 Å². The van der Waals surface area contributed by atoms with Crippen LogP contribution in [-0.4, -0.2) is 51.2 Å². The summed E-state index contributed by atoms with van der Waals surface area (Å²) in [7, 11) is 3.08. The highest BCUT2D eigenvalue weighted by atomic mass is 32.1. The number of thiazole rings is 1. The largest absolute Gasteiger partial charge is 0.493 e. The average molecular weight is 709 g/mol. The zero-order valence-electron chi connectivity index (χ0n) is 29.3. The molecule has 10 nitrogen and oxygen atoms in total. The van der Waals surface area contributed by atoms with Crippen molar-refractivity contribution in [2.75, 3.05) is 40.6 Å². The summed E-state index contributed by atoms with van der Waals surface area (Å²) in [5, 5.41) is 2.28. The summed E-state index contributed by atoms with van der Waals surface area (Å²) < 4.78 is 36.6. The molecule has 0 unspecified atom stereocenters. The average Bonchev–Trinajstić information content (AvgIpc) is 3.44. The van der Waals surface area contributed by atoms with Gasteiger partial charge in [0, 0.05) is 12.7 Å². The van der Waals surface area contributed by atoms with E-state index in [-0.39, 0.29) is 24.3 Å². The van der Waals surface area contributed by atoms with Crippen molar-refractivity contribution in [3.05, 3.63) is 127 Å². The second kappa shape index (κ2) is 16.1. The van der Waals surface area contributed by atoms with Crippen molar-refractivity contribution in [2.24, 2.45) is 4.99 Å². The number of rotatable bonds is 14. The highest BCUT2D eigenvalue weighted by molar-refractivity contribution is 7.07. The van der Waals surface area contributed by atoms with Crippen LogP contribution < -0.4 is 33.8 Å². The second-order valence-electron chi connectivity index (χ2n) is 11.6. The molecule has 6 rings (SSSR count). The minimum absolute atomic E-state index is 0.0451. The van der Waals surface area contributed by atoms with Crippen molar-refractivity contribution in [2.45, 2.75) is 33.4 Å². The number of carbonyl (C=O) groups is 1. The van der Waals surface area contributed by atoms with Gasteiger partial charge in [-0.25, -0.2) is 9.79 Å². The maximum absolute atomic E-state index is 14.4. The van der Waals surface area contributed by atoms with Crippen LogP contribution in [-0.2, 0) is 20.9 Å². The number of fused-ring (bicyclic) bond motifs is 2. The Morgan fingerprint density at radius 2 is 1.67 bits per heavy atom. The fourth-order valence-corrected chi connectivity index (χ4v) is 7.15. The van der Waals surface area contributed by atoms with E-state index >= 15 is 0 Å². The highest BCUT2D eigenvalue weighted by Gasteiger charge is 2.36. The van der Waals surface area contributed by atoms with E-state index in [0.29, 0.717) is 63.4 Å². The standard InChI is InChI=1S/C40H40N2O8S/c1-6-47-33-22-26(18-19-31(33)50-24-28-14-10-13-27-12-8-9-15-29(27)28)23-34-38(43)42-36(30-16-11-17-32(46-5)37(30)48-7-2)35(25(3)41-40(42)51-34)39(44)49-21-20-45-4/h8-19,22-23,36H,6-7,20-21,24H2,1-5H3/b34-23+/t36-/m1/s1. The van der Waals surface area contributed by atoms with E-state index in [1.165, 1.54) is 23.0 Å². The normalized spacial score (nSPS) is 14.2. The molecule has 1 aromatic heterocycles. The lowest BCUT2D eigenvalue weighted by atomic mass is 9.94.